The van der Waals surface area contributed by atoms with Crippen molar-refractivity contribution in [2.75, 3.05) is 88.7 Å². The second-order valence-corrected chi connectivity index (χ2v) is 19.3. The molecule has 0 aliphatic heterocycles. The Balaban J connectivity index is 4.52. The van der Waals surface area contributed by atoms with E-state index in [0.29, 0.717) is 68.6 Å². The summed E-state index contributed by atoms with van der Waals surface area (Å²) in [4.78, 5) is 29.1. The quantitative estimate of drug-likeness (QED) is 0.0469. The minimum absolute atomic E-state index is 0.0421. The van der Waals surface area contributed by atoms with E-state index in [4.69, 9.17) is 9.47 Å². The van der Waals surface area contributed by atoms with Crippen LogP contribution in [0.15, 0.2) is 0 Å². The van der Waals surface area contributed by atoms with Gasteiger partial charge in [0, 0.05) is 49.2 Å². The van der Waals surface area contributed by atoms with Crippen LogP contribution in [-0.4, -0.2) is 121 Å². The standard InChI is InChI=1S/C33H66N2O6S4/c1-28(2)24-32(5,6)26-44-42-22-20-40-30(38)10-14-34(12-9-13-35(16-18-36)17-19-37)15-11-31(39)41-21-23-43-45-27-33(7,8)25-29(3)4/h28-29,36-37H,9-27H2,1-8H3. The van der Waals surface area contributed by atoms with Crippen molar-refractivity contribution in [1.82, 2.24) is 9.80 Å². The molecule has 0 unspecified atom stereocenters. The highest BCUT2D eigenvalue weighted by atomic mass is 33.1. The Labute approximate surface area is 291 Å². The summed E-state index contributed by atoms with van der Waals surface area (Å²) in [5, 5.41) is 18.6. The summed E-state index contributed by atoms with van der Waals surface area (Å²) in [5.74, 6) is 4.60. The van der Waals surface area contributed by atoms with Gasteiger partial charge in [0.05, 0.1) is 26.1 Å². The maximum atomic E-state index is 12.5. The van der Waals surface area contributed by atoms with Gasteiger partial charge in [-0.2, -0.15) is 0 Å². The Morgan fingerprint density at radius 1 is 0.622 bits per heavy atom. The molecule has 0 aromatic carbocycles. The number of rotatable bonds is 30. The predicted octanol–water partition coefficient (Wildman–Crippen LogP) is 6.74. The molecule has 0 aromatic heterocycles. The second kappa shape index (κ2) is 27.1. The van der Waals surface area contributed by atoms with Gasteiger partial charge in [0.1, 0.15) is 13.2 Å². The first kappa shape index (κ1) is 45.2. The van der Waals surface area contributed by atoms with Crippen molar-refractivity contribution in [1.29, 1.82) is 0 Å². The minimum atomic E-state index is -0.221. The molecular weight excluding hydrogens is 649 g/mol. The zero-order chi connectivity index (χ0) is 34.1. The van der Waals surface area contributed by atoms with Gasteiger partial charge in [0.2, 0.25) is 0 Å². The van der Waals surface area contributed by atoms with Crippen LogP contribution >= 0.6 is 43.2 Å². The van der Waals surface area contributed by atoms with Gasteiger partial charge < -0.3 is 24.6 Å². The van der Waals surface area contributed by atoms with Gasteiger partial charge in [0.25, 0.3) is 0 Å². The van der Waals surface area contributed by atoms with Crippen molar-refractivity contribution in [3.8, 4) is 0 Å². The van der Waals surface area contributed by atoms with Gasteiger partial charge in [-0.25, -0.2) is 0 Å². The van der Waals surface area contributed by atoms with E-state index in [2.05, 4.69) is 60.3 Å². The summed E-state index contributed by atoms with van der Waals surface area (Å²) in [5.41, 5.74) is 0.599. The fourth-order valence-corrected chi connectivity index (χ4v) is 10.5. The van der Waals surface area contributed by atoms with Gasteiger partial charge in [-0.15, -0.1) is 0 Å². The largest absolute Gasteiger partial charge is 0.465 e. The van der Waals surface area contributed by atoms with E-state index < -0.39 is 0 Å². The van der Waals surface area contributed by atoms with Crippen LogP contribution in [0.2, 0.25) is 0 Å². The molecule has 45 heavy (non-hydrogen) atoms. The number of hydrogen-bond donors (Lipinski definition) is 2. The minimum Gasteiger partial charge on any atom is -0.465 e. The molecule has 0 spiro atoms. The van der Waals surface area contributed by atoms with Crippen molar-refractivity contribution < 1.29 is 29.3 Å². The van der Waals surface area contributed by atoms with E-state index in [1.165, 1.54) is 12.8 Å². The molecule has 12 heteroatoms. The van der Waals surface area contributed by atoms with E-state index in [9.17, 15) is 19.8 Å². The summed E-state index contributed by atoms with van der Waals surface area (Å²) in [6, 6.07) is 0. The highest BCUT2D eigenvalue weighted by Crippen LogP contribution is 2.35. The number of nitrogens with zero attached hydrogens (tertiary/aromatic N) is 2. The molecule has 0 amide bonds. The average Bonchev–Trinajstić information content (AvgIpc) is 2.92. The zero-order valence-corrected chi connectivity index (χ0v) is 32.9. The van der Waals surface area contributed by atoms with Crippen LogP contribution in [0.5, 0.6) is 0 Å². The summed E-state index contributed by atoms with van der Waals surface area (Å²) in [6.07, 6.45) is 3.73. The Morgan fingerprint density at radius 3 is 1.36 bits per heavy atom. The SMILES string of the molecule is CC(C)CC(C)(C)CSSCCOC(=O)CCN(CCCN(CCO)CCO)CCC(=O)OCCSSCC(C)(C)CC(C)C. The number of esters is 2. The summed E-state index contributed by atoms with van der Waals surface area (Å²) < 4.78 is 11.0. The number of hydrogen-bond acceptors (Lipinski definition) is 12. The first-order valence-electron chi connectivity index (χ1n) is 16.7. The lowest BCUT2D eigenvalue weighted by molar-refractivity contribution is -0.143. The van der Waals surface area contributed by atoms with E-state index in [-0.39, 0.29) is 38.0 Å². The van der Waals surface area contributed by atoms with Crippen LogP contribution in [0.3, 0.4) is 0 Å². The third kappa shape index (κ3) is 28.9. The molecular formula is C33H66N2O6S4. The highest BCUT2D eigenvalue weighted by molar-refractivity contribution is 8.77. The van der Waals surface area contributed by atoms with Crippen LogP contribution in [0.4, 0.5) is 0 Å². The third-order valence-corrected chi connectivity index (χ3v) is 12.4. The molecule has 0 radical (unpaired) electrons. The predicted molar refractivity (Wildman–Crippen MR) is 199 cm³/mol. The van der Waals surface area contributed by atoms with Gasteiger partial charge in [0.15, 0.2) is 0 Å². The van der Waals surface area contributed by atoms with Gasteiger partial charge in [-0.05, 0) is 55.0 Å². The van der Waals surface area contributed by atoms with E-state index in [0.717, 1.165) is 36.0 Å². The highest BCUT2D eigenvalue weighted by Gasteiger charge is 2.21. The number of aliphatic hydroxyl groups excluding tert-OH is 2. The lowest BCUT2D eigenvalue weighted by atomic mass is 9.86. The fraction of sp³-hybridized carbons (Fsp3) is 0.939. The fourth-order valence-electron chi connectivity index (χ4n) is 5.34. The van der Waals surface area contributed by atoms with Crippen LogP contribution in [-0.2, 0) is 19.1 Å². The topological polar surface area (TPSA) is 99.5 Å². The molecule has 8 nitrogen and oxygen atoms in total. The number of carbonyl (C=O) groups excluding carboxylic acids is 2. The van der Waals surface area contributed by atoms with Gasteiger partial charge in [-0.3, -0.25) is 14.5 Å². The molecule has 0 atom stereocenters. The maximum Gasteiger partial charge on any atom is 0.307 e. The molecule has 0 heterocycles. The first-order valence-corrected chi connectivity index (χ1v) is 21.6. The second-order valence-electron chi connectivity index (χ2n) is 14.1. The molecule has 0 bridgehead atoms. The number of ether oxygens (including phenoxy) is 2. The Hall–Kier alpha value is 0.180. The molecule has 0 aromatic rings. The van der Waals surface area contributed by atoms with Gasteiger partial charge in [-0.1, -0.05) is 98.6 Å². The molecule has 0 saturated heterocycles. The summed E-state index contributed by atoms with van der Waals surface area (Å²) >= 11 is 0. The Kier molecular flexibility index (Phi) is 27.2. The van der Waals surface area contributed by atoms with Crippen LogP contribution in [0.25, 0.3) is 0 Å². The Morgan fingerprint density at radius 2 is 1.00 bits per heavy atom. The monoisotopic (exact) mass is 714 g/mol. The number of aliphatic hydroxyl groups is 2. The van der Waals surface area contributed by atoms with E-state index in [1.807, 2.05) is 26.5 Å². The van der Waals surface area contributed by atoms with Crippen LogP contribution in [0, 0.1) is 22.7 Å². The smallest absolute Gasteiger partial charge is 0.307 e. The molecule has 268 valence electrons. The van der Waals surface area contributed by atoms with Crippen molar-refractivity contribution in [3.63, 3.8) is 0 Å². The average molecular weight is 715 g/mol. The summed E-state index contributed by atoms with van der Waals surface area (Å²) in [6.45, 7) is 22.6. The van der Waals surface area contributed by atoms with Gasteiger partial charge >= 0.3 is 11.9 Å². The molecule has 0 aliphatic carbocycles. The molecule has 0 aliphatic rings. The van der Waals surface area contributed by atoms with Crippen LogP contribution in [0.1, 0.15) is 87.5 Å². The molecule has 2 N–H and O–H groups in total. The third-order valence-electron chi connectivity index (χ3n) is 6.89. The zero-order valence-electron chi connectivity index (χ0n) is 29.6. The lowest BCUT2D eigenvalue weighted by Gasteiger charge is -2.25. The van der Waals surface area contributed by atoms with Crippen molar-refractivity contribution >= 4 is 55.1 Å². The Bertz CT molecular complexity index is 703. The number of carbonyl (C=O) groups is 2. The van der Waals surface area contributed by atoms with Crippen molar-refractivity contribution in [3.05, 3.63) is 0 Å². The van der Waals surface area contributed by atoms with Crippen LogP contribution < -0.4 is 0 Å². The normalized spacial score (nSPS) is 12.6. The lowest BCUT2D eigenvalue weighted by Crippen LogP contribution is -2.35. The molecule has 0 rings (SSSR count). The summed E-state index contributed by atoms with van der Waals surface area (Å²) in [7, 11) is 7.20. The molecule has 0 saturated carbocycles. The van der Waals surface area contributed by atoms with Crippen molar-refractivity contribution in [2.24, 2.45) is 22.7 Å². The van der Waals surface area contributed by atoms with Crippen molar-refractivity contribution in [2.45, 2.75) is 87.5 Å². The van der Waals surface area contributed by atoms with E-state index in [1.54, 1.807) is 21.6 Å². The first-order chi connectivity index (χ1) is 21.2. The van der Waals surface area contributed by atoms with E-state index >= 15 is 0 Å². The molecule has 0 fully saturated rings. The maximum absolute atomic E-state index is 12.5.